The second-order valence-electron chi connectivity index (χ2n) is 3.48. The maximum atomic E-state index is 13.0. The van der Waals surface area contributed by atoms with Crippen LogP contribution in [0.15, 0.2) is 24.8 Å². The van der Waals surface area contributed by atoms with Gasteiger partial charge in [0, 0.05) is 18.1 Å². The van der Waals surface area contributed by atoms with Gasteiger partial charge in [-0.15, -0.1) is 6.58 Å². The number of halogens is 2. The van der Waals surface area contributed by atoms with E-state index in [1.54, 1.807) is 13.0 Å². The van der Waals surface area contributed by atoms with Crippen LogP contribution in [0.25, 0.3) is 0 Å². The van der Waals surface area contributed by atoms with Gasteiger partial charge < -0.3 is 9.84 Å². The third-order valence-corrected chi connectivity index (χ3v) is 2.10. The standard InChI is InChI=1S/C12H14F2O2/c1-3-4-8(2)16-12-6-11(14)10(13)5-9(12)7-15/h3,5-6,8,15H,1,4,7H2,2H3/t8-/m0/s1. The average Bonchev–Trinajstić information content (AvgIpc) is 2.23. The summed E-state index contributed by atoms with van der Waals surface area (Å²) < 4.78 is 31.2. The third kappa shape index (κ3) is 3.03. The lowest BCUT2D eigenvalue weighted by Gasteiger charge is -2.15. The zero-order valence-corrected chi connectivity index (χ0v) is 9.04. The van der Waals surface area contributed by atoms with Gasteiger partial charge in [-0.1, -0.05) is 6.08 Å². The minimum Gasteiger partial charge on any atom is -0.490 e. The van der Waals surface area contributed by atoms with Gasteiger partial charge in [-0.2, -0.15) is 0 Å². The Bertz CT molecular complexity index is 378. The van der Waals surface area contributed by atoms with Crippen molar-refractivity contribution in [3.63, 3.8) is 0 Å². The maximum absolute atomic E-state index is 13.0. The number of rotatable bonds is 5. The molecule has 0 radical (unpaired) electrons. The summed E-state index contributed by atoms with van der Waals surface area (Å²) in [5.41, 5.74) is 0.231. The number of aliphatic hydroxyl groups is 1. The Balaban J connectivity index is 2.93. The molecule has 0 spiro atoms. The molecule has 1 atom stereocenters. The van der Waals surface area contributed by atoms with Gasteiger partial charge in [0.15, 0.2) is 11.6 Å². The van der Waals surface area contributed by atoms with Crippen molar-refractivity contribution in [2.24, 2.45) is 0 Å². The summed E-state index contributed by atoms with van der Waals surface area (Å²) in [7, 11) is 0. The van der Waals surface area contributed by atoms with Gasteiger partial charge in [0.25, 0.3) is 0 Å². The van der Waals surface area contributed by atoms with Gasteiger partial charge in [0.2, 0.25) is 0 Å². The zero-order valence-electron chi connectivity index (χ0n) is 9.04. The summed E-state index contributed by atoms with van der Waals surface area (Å²) >= 11 is 0. The molecule has 0 fully saturated rings. The van der Waals surface area contributed by atoms with Crippen LogP contribution in [0.1, 0.15) is 18.9 Å². The highest BCUT2D eigenvalue weighted by atomic mass is 19.2. The minimum absolute atomic E-state index is 0.163. The van der Waals surface area contributed by atoms with Crippen LogP contribution in [0, 0.1) is 11.6 Å². The molecule has 2 nitrogen and oxygen atoms in total. The van der Waals surface area contributed by atoms with Crippen LogP contribution in [0.3, 0.4) is 0 Å². The summed E-state index contributed by atoms with van der Waals surface area (Å²) in [4.78, 5) is 0. The van der Waals surface area contributed by atoms with Crippen molar-refractivity contribution in [2.75, 3.05) is 0 Å². The molecule has 0 aliphatic rings. The van der Waals surface area contributed by atoms with E-state index in [9.17, 15) is 8.78 Å². The van der Waals surface area contributed by atoms with Crippen LogP contribution in [0.4, 0.5) is 8.78 Å². The van der Waals surface area contributed by atoms with Crippen LogP contribution >= 0.6 is 0 Å². The topological polar surface area (TPSA) is 29.5 Å². The molecular weight excluding hydrogens is 214 g/mol. The molecule has 1 rings (SSSR count). The number of hydrogen-bond donors (Lipinski definition) is 1. The van der Waals surface area contributed by atoms with E-state index >= 15 is 0 Å². The van der Waals surface area contributed by atoms with E-state index in [1.165, 1.54) is 0 Å². The van der Waals surface area contributed by atoms with Crippen LogP contribution in [-0.4, -0.2) is 11.2 Å². The van der Waals surface area contributed by atoms with E-state index in [4.69, 9.17) is 9.84 Å². The first kappa shape index (κ1) is 12.6. The summed E-state index contributed by atoms with van der Waals surface area (Å²) in [5.74, 6) is -1.82. The molecule has 0 aliphatic carbocycles. The Labute approximate surface area is 93.2 Å². The van der Waals surface area contributed by atoms with E-state index in [0.29, 0.717) is 6.42 Å². The number of aliphatic hydroxyl groups excluding tert-OH is 1. The number of hydrogen-bond acceptors (Lipinski definition) is 2. The second kappa shape index (κ2) is 5.61. The van der Waals surface area contributed by atoms with E-state index in [1.807, 2.05) is 0 Å². The first-order chi connectivity index (χ1) is 7.58. The predicted octanol–water partition coefficient (Wildman–Crippen LogP) is 2.80. The summed E-state index contributed by atoms with van der Waals surface area (Å²) in [6.45, 7) is 4.94. The number of benzene rings is 1. The molecule has 1 N–H and O–H groups in total. The molecule has 1 aromatic rings. The minimum atomic E-state index is -0.993. The molecule has 0 amide bonds. The van der Waals surface area contributed by atoms with Crippen molar-refractivity contribution in [1.82, 2.24) is 0 Å². The highest BCUT2D eigenvalue weighted by Gasteiger charge is 2.12. The van der Waals surface area contributed by atoms with Crippen LogP contribution in [0.5, 0.6) is 5.75 Å². The monoisotopic (exact) mass is 228 g/mol. The first-order valence-electron chi connectivity index (χ1n) is 4.94. The Morgan fingerprint density at radius 3 is 2.62 bits per heavy atom. The quantitative estimate of drug-likeness (QED) is 0.785. The van der Waals surface area contributed by atoms with Crippen LogP contribution < -0.4 is 4.74 Å². The van der Waals surface area contributed by atoms with E-state index < -0.39 is 18.2 Å². The van der Waals surface area contributed by atoms with Crippen molar-refractivity contribution in [3.8, 4) is 5.75 Å². The van der Waals surface area contributed by atoms with Crippen LogP contribution in [0.2, 0.25) is 0 Å². The molecule has 88 valence electrons. The fourth-order valence-corrected chi connectivity index (χ4v) is 1.30. The SMILES string of the molecule is C=CC[C@H](C)Oc1cc(F)c(F)cc1CO. The summed E-state index contributed by atoms with van der Waals surface area (Å²) in [5, 5.41) is 8.99. The smallest absolute Gasteiger partial charge is 0.162 e. The molecule has 4 heteroatoms. The average molecular weight is 228 g/mol. The molecule has 0 heterocycles. The first-order valence-corrected chi connectivity index (χ1v) is 4.94. The largest absolute Gasteiger partial charge is 0.490 e. The van der Waals surface area contributed by atoms with E-state index in [-0.39, 0.29) is 17.4 Å². The molecule has 0 saturated carbocycles. The zero-order chi connectivity index (χ0) is 12.1. The second-order valence-corrected chi connectivity index (χ2v) is 3.48. The Kier molecular flexibility index (Phi) is 4.43. The molecular formula is C12H14F2O2. The summed E-state index contributed by atoms with van der Waals surface area (Å²) in [6.07, 6.45) is 2.06. The van der Waals surface area contributed by atoms with Gasteiger partial charge in [-0.3, -0.25) is 0 Å². The fourth-order valence-electron chi connectivity index (χ4n) is 1.30. The Morgan fingerprint density at radius 1 is 1.44 bits per heavy atom. The van der Waals surface area contributed by atoms with Crippen molar-refractivity contribution in [3.05, 3.63) is 42.0 Å². The number of ether oxygens (including phenoxy) is 1. The van der Waals surface area contributed by atoms with E-state index in [2.05, 4.69) is 6.58 Å². The molecule has 0 bridgehead atoms. The maximum Gasteiger partial charge on any atom is 0.162 e. The van der Waals surface area contributed by atoms with Gasteiger partial charge in [0.05, 0.1) is 12.7 Å². The van der Waals surface area contributed by atoms with Gasteiger partial charge >= 0.3 is 0 Å². The predicted molar refractivity (Wildman–Crippen MR) is 57.2 cm³/mol. The van der Waals surface area contributed by atoms with Crippen molar-refractivity contribution in [1.29, 1.82) is 0 Å². The molecule has 0 saturated heterocycles. The molecule has 1 aromatic carbocycles. The lowest BCUT2D eigenvalue weighted by atomic mass is 10.2. The van der Waals surface area contributed by atoms with Crippen molar-refractivity contribution in [2.45, 2.75) is 26.1 Å². The van der Waals surface area contributed by atoms with Crippen LogP contribution in [-0.2, 0) is 6.61 Å². The molecule has 0 aliphatic heterocycles. The fraction of sp³-hybridized carbons (Fsp3) is 0.333. The highest BCUT2D eigenvalue weighted by molar-refractivity contribution is 5.34. The lowest BCUT2D eigenvalue weighted by molar-refractivity contribution is 0.210. The van der Waals surface area contributed by atoms with Crippen molar-refractivity contribution < 1.29 is 18.6 Å². The Morgan fingerprint density at radius 2 is 2.06 bits per heavy atom. The third-order valence-electron chi connectivity index (χ3n) is 2.10. The van der Waals surface area contributed by atoms with Gasteiger partial charge in [0.1, 0.15) is 5.75 Å². The highest BCUT2D eigenvalue weighted by Crippen LogP contribution is 2.24. The Hall–Kier alpha value is -1.42. The van der Waals surface area contributed by atoms with E-state index in [0.717, 1.165) is 12.1 Å². The molecule has 16 heavy (non-hydrogen) atoms. The summed E-state index contributed by atoms with van der Waals surface area (Å²) in [6, 6.07) is 1.88. The van der Waals surface area contributed by atoms with Gasteiger partial charge in [-0.05, 0) is 13.0 Å². The lowest BCUT2D eigenvalue weighted by Crippen LogP contribution is -2.12. The van der Waals surface area contributed by atoms with Gasteiger partial charge in [-0.25, -0.2) is 8.78 Å². The normalized spacial score (nSPS) is 12.2. The molecule has 0 unspecified atom stereocenters. The molecule has 0 aromatic heterocycles. The van der Waals surface area contributed by atoms with Crippen molar-refractivity contribution >= 4 is 0 Å².